The van der Waals surface area contributed by atoms with Gasteiger partial charge >= 0.3 is 0 Å². The van der Waals surface area contributed by atoms with E-state index in [1.807, 2.05) is 11.4 Å². The molecule has 0 saturated heterocycles. The van der Waals surface area contributed by atoms with Gasteiger partial charge in [0.1, 0.15) is 25.3 Å². The van der Waals surface area contributed by atoms with E-state index in [0.29, 0.717) is 6.54 Å². The Bertz CT molecular complexity index is 654. The lowest BCUT2D eigenvalue weighted by Crippen LogP contribution is -2.32. The van der Waals surface area contributed by atoms with Crippen LogP contribution in [0.2, 0.25) is 0 Å². The molecule has 110 valence electrons. The van der Waals surface area contributed by atoms with Crippen LogP contribution < -0.4 is 0 Å². The van der Waals surface area contributed by atoms with Crippen LogP contribution in [0.25, 0.3) is 0 Å². The molecule has 0 aromatic carbocycles. The molecule has 0 radical (unpaired) electrons. The molecule has 0 fully saturated rings. The molecule has 2 heterocycles. The van der Waals surface area contributed by atoms with Crippen LogP contribution in [0, 0.1) is 11.8 Å². The van der Waals surface area contributed by atoms with Gasteiger partial charge in [-0.25, -0.2) is 9.67 Å². The van der Waals surface area contributed by atoms with Gasteiger partial charge in [0, 0.05) is 13.6 Å². The van der Waals surface area contributed by atoms with Crippen molar-refractivity contribution in [3.63, 3.8) is 0 Å². The van der Waals surface area contributed by atoms with Gasteiger partial charge in [-0.05, 0) is 23.9 Å². The van der Waals surface area contributed by atoms with Crippen LogP contribution in [0.5, 0.6) is 0 Å². The third kappa shape index (κ3) is 3.90. The highest BCUT2D eigenvalue weighted by molar-refractivity contribution is 7.10. The first kappa shape index (κ1) is 15.2. The highest BCUT2D eigenvalue weighted by atomic mass is 32.1. The number of aromatic nitrogens is 3. The summed E-state index contributed by atoms with van der Waals surface area (Å²) in [5.41, 5.74) is 1.02. The maximum absolute atomic E-state index is 12.3. The van der Waals surface area contributed by atoms with E-state index in [9.17, 15) is 4.79 Å². The lowest BCUT2D eigenvalue weighted by atomic mass is 10.2. The van der Waals surface area contributed by atoms with Gasteiger partial charge < -0.3 is 10.0 Å². The van der Waals surface area contributed by atoms with E-state index >= 15 is 0 Å². The summed E-state index contributed by atoms with van der Waals surface area (Å²) >= 11 is 1.50. The lowest BCUT2D eigenvalue weighted by Gasteiger charge is -2.20. The van der Waals surface area contributed by atoms with E-state index in [1.165, 1.54) is 28.7 Å². The second-order valence-corrected chi connectivity index (χ2v) is 5.44. The van der Waals surface area contributed by atoms with Crippen molar-refractivity contribution >= 4 is 17.2 Å². The second kappa shape index (κ2) is 7.02. The molecule has 7 heteroatoms. The first-order valence-corrected chi connectivity index (χ1v) is 7.26. The average molecular weight is 304 g/mol. The second-order valence-electron chi connectivity index (χ2n) is 4.52. The number of carbonyl (C=O) groups is 1. The summed E-state index contributed by atoms with van der Waals surface area (Å²) in [5.74, 6) is 5.43. The Balaban J connectivity index is 1.99. The number of carbonyl (C=O) groups excluding carboxylic acids is 1. The molecule has 0 bridgehead atoms. The van der Waals surface area contributed by atoms with Gasteiger partial charge in [0.15, 0.2) is 0 Å². The minimum Gasteiger partial charge on any atom is -0.384 e. The Labute approximate surface area is 127 Å². The monoisotopic (exact) mass is 304 g/mol. The molecular weight excluding hydrogens is 288 g/mol. The van der Waals surface area contributed by atoms with E-state index in [1.54, 1.807) is 18.9 Å². The number of likely N-dealkylation sites (N-methyl/N-ethyl adjacent to an activating group) is 1. The smallest absolute Gasteiger partial charge is 0.247 e. The number of thiophene rings is 1. The van der Waals surface area contributed by atoms with Crippen LogP contribution in [0.4, 0.5) is 0 Å². The summed E-state index contributed by atoms with van der Waals surface area (Å²) in [4.78, 5) is 18.7. The van der Waals surface area contributed by atoms with Crippen molar-refractivity contribution < 1.29 is 9.90 Å². The molecule has 1 unspecified atom stereocenters. The van der Waals surface area contributed by atoms with Crippen molar-refractivity contribution in [1.82, 2.24) is 19.7 Å². The summed E-state index contributed by atoms with van der Waals surface area (Å²) in [6, 6.07) is 1.54. The van der Waals surface area contributed by atoms with Crippen LogP contribution in [0.3, 0.4) is 0 Å². The normalized spacial score (nSPS) is 11.6. The number of nitrogens with zero attached hydrogens (tertiary/aromatic N) is 4. The fourth-order valence-electron chi connectivity index (χ4n) is 1.85. The number of aliphatic hydroxyl groups excluding tert-OH is 1. The molecule has 0 aliphatic carbocycles. The lowest BCUT2D eigenvalue weighted by molar-refractivity contribution is -0.133. The molecule has 21 heavy (non-hydrogen) atoms. The predicted molar refractivity (Wildman–Crippen MR) is 79.5 cm³/mol. The summed E-state index contributed by atoms with van der Waals surface area (Å²) in [6.07, 6.45) is 2.94. The highest BCUT2D eigenvalue weighted by Crippen LogP contribution is 2.16. The van der Waals surface area contributed by atoms with E-state index in [-0.39, 0.29) is 18.6 Å². The van der Waals surface area contributed by atoms with Gasteiger partial charge in [-0.2, -0.15) is 5.10 Å². The summed E-state index contributed by atoms with van der Waals surface area (Å²) in [7, 11) is 1.76. The Kier molecular flexibility index (Phi) is 5.09. The summed E-state index contributed by atoms with van der Waals surface area (Å²) < 4.78 is 1.53. The number of aliphatic hydroxyl groups is 1. The number of hydrogen-bond acceptors (Lipinski definition) is 5. The fraction of sp³-hybridized carbons (Fsp3) is 0.357. The SMILES string of the molecule is CC(C(=O)N(C)Cc1csc(C#CCO)c1)n1cncn1. The molecule has 2 aromatic heterocycles. The zero-order valence-electron chi connectivity index (χ0n) is 11.9. The Hall–Kier alpha value is -2.17. The zero-order chi connectivity index (χ0) is 15.2. The topological polar surface area (TPSA) is 71.2 Å². The van der Waals surface area contributed by atoms with Crippen molar-refractivity contribution in [2.24, 2.45) is 0 Å². The van der Waals surface area contributed by atoms with E-state index in [2.05, 4.69) is 21.9 Å². The Morgan fingerprint density at radius 3 is 3.10 bits per heavy atom. The van der Waals surface area contributed by atoms with Gasteiger partial charge in [0.2, 0.25) is 5.91 Å². The van der Waals surface area contributed by atoms with Crippen molar-refractivity contribution in [1.29, 1.82) is 0 Å². The van der Waals surface area contributed by atoms with E-state index in [0.717, 1.165) is 10.4 Å². The van der Waals surface area contributed by atoms with Crippen LogP contribution in [0.15, 0.2) is 24.1 Å². The predicted octanol–water partition coefficient (Wildman–Crippen LogP) is 0.903. The van der Waals surface area contributed by atoms with E-state index in [4.69, 9.17) is 5.11 Å². The third-order valence-corrected chi connectivity index (χ3v) is 3.83. The Morgan fingerprint density at radius 1 is 1.62 bits per heavy atom. The average Bonchev–Trinajstić information content (AvgIpc) is 3.15. The van der Waals surface area contributed by atoms with Crippen LogP contribution in [-0.4, -0.2) is 44.3 Å². The van der Waals surface area contributed by atoms with Gasteiger partial charge in [0.25, 0.3) is 0 Å². The molecule has 0 saturated carbocycles. The molecule has 0 spiro atoms. The van der Waals surface area contributed by atoms with Crippen LogP contribution >= 0.6 is 11.3 Å². The zero-order valence-corrected chi connectivity index (χ0v) is 12.7. The first-order chi connectivity index (χ1) is 10.1. The van der Waals surface area contributed by atoms with Gasteiger partial charge in [0.05, 0.1) is 4.88 Å². The van der Waals surface area contributed by atoms with Crippen molar-refractivity contribution in [2.75, 3.05) is 13.7 Å². The molecule has 2 rings (SSSR count). The van der Waals surface area contributed by atoms with Crippen molar-refractivity contribution in [2.45, 2.75) is 19.5 Å². The quantitative estimate of drug-likeness (QED) is 0.852. The Morgan fingerprint density at radius 2 is 2.43 bits per heavy atom. The minimum absolute atomic E-state index is 0.0327. The minimum atomic E-state index is -0.384. The van der Waals surface area contributed by atoms with Crippen molar-refractivity contribution in [3.05, 3.63) is 34.5 Å². The highest BCUT2D eigenvalue weighted by Gasteiger charge is 2.20. The summed E-state index contributed by atoms with van der Waals surface area (Å²) in [5, 5.41) is 14.6. The largest absolute Gasteiger partial charge is 0.384 e. The third-order valence-electron chi connectivity index (χ3n) is 2.93. The molecule has 1 atom stereocenters. The van der Waals surface area contributed by atoms with E-state index < -0.39 is 0 Å². The number of rotatable bonds is 4. The van der Waals surface area contributed by atoms with Gasteiger partial charge in [-0.15, -0.1) is 11.3 Å². The van der Waals surface area contributed by atoms with Gasteiger partial charge in [-0.1, -0.05) is 11.8 Å². The first-order valence-electron chi connectivity index (χ1n) is 6.38. The molecule has 1 amide bonds. The molecule has 1 N–H and O–H groups in total. The molecule has 0 aliphatic heterocycles. The number of hydrogen-bond donors (Lipinski definition) is 1. The molecule has 2 aromatic rings. The molecule has 6 nitrogen and oxygen atoms in total. The number of amides is 1. The van der Waals surface area contributed by atoms with Gasteiger partial charge in [-0.3, -0.25) is 4.79 Å². The fourth-order valence-corrected chi connectivity index (χ4v) is 2.62. The van der Waals surface area contributed by atoms with Crippen molar-refractivity contribution in [3.8, 4) is 11.8 Å². The van der Waals surface area contributed by atoms with Crippen LogP contribution in [0.1, 0.15) is 23.4 Å². The standard InChI is InChI=1S/C14H16N4O2S/c1-11(18-10-15-9-16-18)14(20)17(2)7-12-6-13(21-8-12)4-3-5-19/h6,8-11,19H,5,7H2,1-2H3. The molecule has 0 aliphatic rings. The molecular formula is C14H16N4O2S. The summed E-state index contributed by atoms with van der Waals surface area (Å²) in [6.45, 7) is 2.15. The van der Waals surface area contributed by atoms with Crippen LogP contribution in [-0.2, 0) is 11.3 Å². The maximum Gasteiger partial charge on any atom is 0.247 e. The maximum atomic E-state index is 12.3.